The third kappa shape index (κ3) is 1.57. The summed E-state index contributed by atoms with van der Waals surface area (Å²) in [5.74, 6) is -0.436. The van der Waals surface area contributed by atoms with E-state index < -0.39 is 15.9 Å². The van der Waals surface area contributed by atoms with Crippen LogP contribution in [-0.2, 0) is 15.4 Å². The molecular formula is C13H17NO3S. The van der Waals surface area contributed by atoms with Crippen molar-refractivity contribution in [1.29, 1.82) is 0 Å². The SMILES string of the molecule is Cc1c(C(C)(C)C)ccc2c1C(=O)N(C)S2(=O)=O. The molecule has 5 heteroatoms. The van der Waals surface area contributed by atoms with E-state index in [1.54, 1.807) is 12.1 Å². The number of benzene rings is 1. The van der Waals surface area contributed by atoms with E-state index in [9.17, 15) is 13.2 Å². The Hall–Kier alpha value is -1.36. The summed E-state index contributed by atoms with van der Waals surface area (Å²) < 4.78 is 24.8. The van der Waals surface area contributed by atoms with Crippen LogP contribution in [0.5, 0.6) is 0 Å². The number of sulfonamides is 1. The molecule has 18 heavy (non-hydrogen) atoms. The Morgan fingerprint density at radius 2 is 1.72 bits per heavy atom. The molecular weight excluding hydrogens is 250 g/mol. The van der Waals surface area contributed by atoms with Gasteiger partial charge < -0.3 is 0 Å². The lowest BCUT2D eigenvalue weighted by molar-refractivity contribution is 0.0891. The van der Waals surface area contributed by atoms with Gasteiger partial charge in [0.25, 0.3) is 15.9 Å². The van der Waals surface area contributed by atoms with Crippen LogP contribution in [0.2, 0.25) is 0 Å². The molecule has 1 heterocycles. The standard InChI is InChI=1S/C13H17NO3S/c1-8-9(13(2,3)4)6-7-10-11(8)12(15)14(5)18(10,16)17/h6-7H,1-5H3. The predicted octanol–water partition coefficient (Wildman–Crippen LogP) is 2.07. The van der Waals surface area contributed by atoms with Crippen molar-refractivity contribution in [2.45, 2.75) is 38.0 Å². The molecule has 1 aromatic carbocycles. The molecule has 2 rings (SSSR count). The highest BCUT2D eigenvalue weighted by Crippen LogP contribution is 2.36. The molecule has 0 aromatic heterocycles. The van der Waals surface area contributed by atoms with Gasteiger partial charge in [0.15, 0.2) is 0 Å². The molecule has 0 N–H and O–H groups in total. The Bertz CT molecular complexity index is 639. The average molecular weight is 267 g/mol. The zero-order valence-corrected chi connectivity index (χ0v) is 12.1. The van der Waals surface area contributed by atoms with E-state index in [-0.39, 0.29) is 10.3 Å². The fourth-order valence-electron chi connectivity index (χ4n) is 2.39. The van der Waals surface area contributed by atoms with Gasteiger partial charge in [0.05, 0.1) is 5.56 Å². The van der Waals surface area contributed by atoms with Crippen molar-refractivity contribution < 1.29 is 13.2 Å². The van der Waals surface area contributed by atoms with Gasteiger partial charge >= 0.3 is 0 Å². The fourth-order valence-corrected chi connectivity index (χ4v) is 3.74. The van der Waals surface area contributed by atoms with Crippen molar-refractivity contribution in [3.63, 3.8) is 0 Å². The molecule has 4 nitrogen and oxygen atoms in total. The lowest BCUT2D eigenvalue weighted by Gasteiger charge is -2.22. The van der Waals surface area contributed by atoms with E-state index in [1.807, 2.05) is 27.7 Å². The molecule has 0 unspecified atom stereocenters. The Morgan fingerprint density at radius 3 is 2.22 bits per heavy atom. The summed E-state index contributed by atoms with van der Waals surface area (Å²) in [7, 11) is -2.33. The second kappa shape index (κ2) is 3.57. The Balaban J connectivity index is 2.82. The zero-order chi connectivity index (χ0) is 13.9. The molecule has 0 saturated carbocycles. The third-order valence-corrected chi connectivity index (χ3v) is 5.16. The van der Waals surface area contributed by atoms with Crippen molar-refractivity contribution in [2.75, 3.05) is 7.05 Å². The molecule has 1 amide bonds. The second-order valence-corrected chi connectivity index (χ2v) is 7.58. The molecule has 1 aromatic rings. The number of carbonyl (C=O) groups is 1. The van der Waals surface area contributed by atoms with Crippen LogP contribution >= 0.6 is 0 Å². The number of carbonyl (C=O) groups excluding carboxylic acids is 1. The number of rotatable bonds is 0. The van der Waals surface area contributed by atoms with Gasteiger partial charge in [0, 0.05) is 7.05 Å². The van der Waals surface area contributed by atoms with Crippen LogP contribution in [-0.4, -0.2) is 25.7 Å². The van der Waals surface area contributed by atoms with E-state index in [1.165, 1.54) is 7.05 Å². The maximum absolute atomic E-state index is 12.1. The van der Waals surface area contributed by atoms with Crippen molar-refractivity contribution in [3.8, 4) is 0 Å². The molecule has 0 aliphatic carbocycles. The molecule has 1 aliphatic heterocycles. The topological polar surface area (TPSA) is 54.5 Å². The lowest BCUT2D eigenvalue weighted by atomic mass is 9.82. The summed E-state index contributed by atoms with van der Waals surface area (Å²) in [6.45, 7) is 7.93. The number of amides is 1. The molecule has 0 saturated heterocycles. The first-order chi connectivity index (χ1) is 8.08. The Labute approximate surface area is 108 Å². The summed E-state index contributed by atoms with van der Waals surface area (Å²) in [5, 5.41) is 0. The second-order valence-electron chi connectivity index (χ2n) is 5.64. The van der Waals surface area contributed by atoms with Gasteiger partial charge in [-0.2, -0.15) is 0 Å². The lowest BCUT2D eigenvalue weighted by Crippen LogP contribution is -2.25. The molecule has 0 atom stereocenters. The van der Waals surface area contributed by atoms with Crippen LogP contribution in [0.4, 0.5) is 0 Å². The highest BCUT2D eigenvalue weighted by molar-refractivity contribution is 7.90. The highest BCUT2D eigenvalue weighted by Gasteiger charge is 2.40. The average Bonchev–Trinajstić information content (AvgIpc) is 2.40. The van der Waals surface area contributed by atoms with Crippen LogP contribution in [0, 0.1) is 6.92 Å². The quantitative estimate of drug-likeness (QED) is 0.723. The van der Waals surface area contributed by atoms with Crippen LogP contribution in [0.1, 0.15) is 42.3 Å². The van der Waals surface area contributed by atoms with Crippen LogP contribution in [0.15, 0.2) is 17.0 Å². The number of nitrogens with zero attached hydrogens (tertiary/aromatic N) is 1. The van der Waals surface area contributed by atoms with Gasteiger partial charge in [0.1, 0.15) is 4.90 Å². The minimum Gasteiger partial charge on any atom is -0.268 e. The number of fused-ring (bicyclic) bond motifs is 1. The van der Waals surface area contributed by atoms with Crippen molar-refractivity contribution in [2.24, 2.45) is 0 Å². The van der Waals surface area contributed by atoms with Crippen molar-refractivity contribution in [1.82, 2.24) is 4.31 Å². The minimum absolute atomic E-state index is 0.121. The number of hydrogen-bond donors (Lipinski definition) is 0. The van der Waals surface area contributed by atoms with E-state index in [0.29, 0.717) is 5.56 Å². The van der Waals surface area contributed by atoms with E-state index in [2.05, 4.69) is 0 Å². The van der Waals surface area contributed by atoms with Gasteiger partial charge in [-0.15, -0.1) is 0 Å². The van der Waals surface area contributed by atoms with Crippen LogP contribution in [0.25, 0.3) is 0 Å². The first-order valence-electron chi connectivity index (χ1n) is 5.76. The summed E-state index contributed by atoms with van der Waals surface area (Å²) in [6.07, 6.45) is 0. The smallest absolute Gasteiger partial charge is 0.268 e. The summed E-state index contributed by atoms with van der Waals surface area (Å²) in [4.78, 5) is 12.2. The zero-order valence-electron chi connectivity index (χ0n) is 11.2. The summed E-state index contributed by atoms with van der Waals surface area (Å²) in [6, 6.07) is 3.35. The van der Waals surface area contributed by atoms with Gasteiger partial charge in [-0.05, 0) is 29.5 Å². The minimum atomic E-state index is -3.63. The first kappa shape index (κ1) is 13.1. The highest BCUT2D eigenvalue weighted by atomic mass is 32.2. The van der Waals surface area contributed by atoms with Crippen LogP contribution in [0.3, 0.4) is 0 Å². The van der Waals surface area contributed by atoms with Gasteiger partial charge in [-0.25, -0.2) is 12.7 Å². The molecule has 0 fully saturated rings. The maximum Gasteiger partial charge on any atom is 0.269 e. The monoisotopic (exact) mass is 267 g/mol. The first-order valence-corrected chi connectivity index (χ1v) is 7.20. The van der Waals surface area contributed by atoms with E-state index in [0.717, 1.165) is 15.4 Å². The number of hydrogen-bond acceptors (Lipinski definition) is 3. The van der Waals surface area contributed by atoms with E-state index >= 15 is 0 Å². The normalized spacial score (nSPS) is 18.1. The maximum atomic E-state index is 12.1. The predicted molar refractivity (Wildman–Crippen MR) is 69.2 cm³/mol. The molecule has 98 valence electrons. The third-order valence-electron chi connectivity index (χ3n) is 3.37. The van der Waals surface area contributed by atoms with Gasteiger partial charge in [-0.3, -0.25) is 4.79 Å². The summed E-state index contributed by atoms with van der Waals surface area (Å²) in [5.41, 5.74) is 1.97. The molecule has 0 bridgehead atoms. The molecule has 1 aliphatic rings. The van der Waals surface area contributed by atoms with E-state index in [4.69, 9.17) is 0 Å². The van der Waals surface area contributed by atoms with Crippen molar-refractivity contribution >= 4 is 15.9 Å². The van der Waals surface area contributed by atoms with Gasteiger partial charge in [-0.1, -0.05) is 26.8 Å². The summed E-state index contributed by atoms with van der Waals surface area (Å²) >= 11 is 0. The van der Waals surface area contributed by atoms with Crippen LogP contribution < -0.4 is 0 Å². The molecule has 0 radical (unpaired) electrons. The fraction of sp³-hybridized carbons (Fsp3) is 0.462. The largest absolute Gasteiger partial charge is 0.269 e. The Kier molecular flexibility index (Phi) is 2.59. The van der Waals surface area contributed by atoms with Gasteiger partial charge in [0.2, 0.25) is 0 Å². The molecule has 0 spiro atoms. The Morgan fingerprint density at radius 1 is 1.17 bits per heavy atom. The van der Waals surface area contributed by atoms with Crippen molar-refractivity contribution in [3.05, 3.63) is 28.8 Å².